The molecular formula is C24H30O8. The molecule has 2 aromatic carbocycles. The summed E-state index contributed by atoms with van der Waals surface area (Å²) in [6, 6.07) is 13.5. The molecular weight excluding hydrogens is 416 g/mol. The van der Waals surface area contributed by atoms with Crippen LogP contribution in [-0.2, 0) is 15.9 Å². The highest BCUT2D eigenvalue weighted by atomic mass is 16.7. The van der Waals surface area contributed by atoms with Crippen LogP contribution in [0.1, 0.15) is 23.1 Å². The van der Waals surface area contributed by atoms with E-state index in [-0.39, 0.29) is 6.10 Å². The molecule has 2 heterocycles. The van der Waals surface area contributed by atoms with Crippen molar-refractivity contribution in [3.63, 3.8) is 0 Å². The Morgan fingerprint density at radius 1 is 0.938 bits per heavy atom. The second-order valence-electron chi connectivity index (χ2n) is 8.33. The summed E-state index contributed by atoms with van der Waals surface area (Å²) in [7, 11) is 0. The molecule has 2 fully saturated rings. The average molecular weight is 446 g/mol. The average Bonchev–Trinajstić information content (AvgIpc) is 3.31. The zero-order valence-electron chi connectivity index (χ0n) is 18.0. The van der Waals surface area contributed by atoms with Gasteiger partial charge < -0.3 is 39.4 Å². The highest BCUT2D eigenvalue weighted by Gasteiger charge is 2.44. The minimum atomic E-state index is -1.48. The van der Waals surface area contributed by atoms with E-state index < -0.39 is 37.3 Å². The van der Waals surface area contributed by atoms with Crippen molar-refractivity contribution in [3.05, 3.63) is 59.2 Å². The fraction of sp³-hybridized carbons (Fsp3) is 0.500. The molecule has 0 saturated carbocycles. The molecule has 0 aliphatic carbocycles. The van der Waals surface area contributed by atoms with Crippen molar-refractivity contribution in [1.82, 2.24) is 0 Å². The summed E-state index contributed by atoms with van der Waals surface area (Å²) in [5, 5.41) is 39.4. The topological polar surface area (TPSA) is 118 Å². The molecule has 2 aliphatic heterocycles. The smallest absolute Gasteiger partial charge is 0.229 e. The first-order chi connectivity index (χ1) is 15.4. The predicted molar refractivity (Wildman–Crippen MR) is 115 cm³/mol. The molecule has 8 heteroatoms. The first-order valence-corrected chi connectivity index (χ1v) is 10.8. The molecule has 4 rings (SSSR count). The zero-order chi connectivity index (χ0) is 22.7. The van der Waals surface area contributed by atoms with Gasteiger partial charge in [0.05, 0.1) is 19.8 Å². The molecule has 8 nitrogen and oxygen atoms in total. The maximum atomic E-state index is 10.2. The highest BCUT2D eigenvalue weighted by Crippen LogP contribution is 2.27. The second-order valence-corrected chi connectivity index (χ2v) is 8.33. The number of hydrogen-bond donors (Lipinski definition) is 4. The minimum Gasteiger partial charge on any atom is -0.488 e. The molecule has 0 amide bonds. The SMILES string of the molecule is Cc1ccc(O[C@@H]2O[C@H](CO)[C@@H](O)[C@H](O)[C@H]2O)cc1Cc1ccc(O[C@H]2CCOC2)cc1. The van der Waals surface area contributed by atoms with Crippen LogP contribution in [-0.4, -0.2) is 77.1 Å². The fourth-order valence-electron chi connectivity index (χ4n) is 3.91. The lowest BCUT2D eigenvalue weighted by molar-refractivity contribution is -0.277. The Labute approximate surface area is 186 Å². The van der Waals surface area contributed by atoms with E-state index in [9.17, 15) is 20.4 Å². The van der Waals surface area contributed by atoms with Crippen LogP contribution in [0.5, 0.6) is 11.5 Å². The van der Waals surface area contributed by atoms with E-state index in [1.807, 2.05) is 43.3 Å². The standard InChI is InChI=1S/C24H30O8/c1-14-2-5-18(31-24-23(28)22(27)21(26)20(12-25)32-24)11-16(14)10-15-3-6-17(7-4-15)30-19-8-9-29-13-19/h2-7,11,19-28H,8-10,12-13H2,1H3/t19-,20+,21+,22-,23+,24+/m0/s1. The summed E-state index contributed by atoms with van der Waals surface area (Å²) in [6.45, 7) is 2.87. The van der Waals surface area contributed by atoms with Crippen LogP contribution < -0.4 is 9.47 Å². The third kappa shape index (κ3) is 5.23. The summed E-state index contributed by atoms with van der Waals surface area (Å²) >= 11 is 0. The molecule has 2 aromatic rings. The van der Waals surface area contributed by atoms with Crippen molar-refractivity contribution in [2.24, 2.45) is 0 Å². The molecule has 2 aliphatic rings. The predicted octanol–water partition coefficient (Wildman–Crippen LogP) is 0.932. The maximum Gasteiger partial charge on any atom is 0.229 e. The molecule has 32 heavy (non-hydrogen) atoms. The largest absolute Gasteiger partial charge is 0.488 e. The van der Waals surface area contributed by atoms with Crippen LogP contribution in [0.2, 0.25) is 0 Å². The number of aliphatic hydroxyl groups is 4. The fourth-order valence-corrected chi connectivity index (χ4v) is 3.91. The molecule has 174 valence electrons. The quantitative estimate of drug-likeness (QED) is 0.496. The van der Waals surface area contributed by atoms with E-state index in [0.717, 1.165) is 35.5 Å². The van der Waals surface area contributed by atoms with Crippen LogP contribution in [0.3, 0.4) is 0 Å². The molecule has 6 atom stereocenters. The molecule has 0 aromatic heterocycles. The molecule has 0 unspecified atom stereocenters. The Kier molecular flexibility index (Phi) is 7.30. The van der Waals surface area contributed by atoms with E-state index in [0.29, 0.717) is 18.8 Å². The summed E-state index contributed by atoms with van der Waals surface area (Å²) in [6.07, 6.45) is -4.89. The summed E-state index contributed by atoms with van der Waals surface area (Å²) in [5.74, 6) is 1.27. The van der Waals surface area contributed by atoms with Crippen molar-refractivity contribution in [3.8, 4) is 11.5 Å². The second kappa shape index (κ2) is 10.2. The Hall–Kier alpha value is -2.20. The van der Waals surface area contributed by atoms with Gasteiger partial charge in [0, 0.05) is 6.42 Å². The van der Waals surface area contributed by atoms with Gasteiger partial charge in [-0.05, 0) is 54.3 Å². The third-order valence-electron chi connectivity index (χ3n) is 5.93. The highest BCUT2D eigenvalue weighted by molar-refractivity contribution is 5.39. The normalized spacial score (nSPS) is 30.3. The first kappa shape index (κ1) is 23.0. The van der Waals surface area contributed by atoms with Crippen LogP contribution in [0.15, 0.2) is 42.5 Å². The van der Waals surface area contributed by atoms with Crippen LogP contribution >= 0.6 is 0 Å². The van der Waals surface area contributed by atoms with E-state index in [1.165, 1.54) is 0 Å². The monoisotopic (exact) mass is 446 g/mol. The van der Waals surface area contributed by atoms with Gasteiger partial charge in [0.15, 0.2) is 0 Å². The van der Waals surface area contributed by atoms with Crippen LogP contribution in [0.25, 0.3) is 0 Å². The van der Waals surface area contributed by atoms with E-state index in [4.69, 9.17) is 18.9 Å². The number of aryl methyl sites for hydroxylation is 1. The van der Waals surface area contributed by atoms with Crippen molar-refractivity contribution < 1.29 is 39.4 Å². The Morgan fingerprint density at radius 2 is 1.69 bits per heavy atom. The van der Waals surface area contributed by atoms with Gasteiger partial charge >= 0.3 is 0 Å². The lowest BCUT2D eigenvalue weighted by Gasteiger charge is -2.39. The van der Waals surface area contributed by atoms with Gasteiger partial charge in [0.2, 0.25) is 6.29 Å². The van der Waals surface area contributed by atoms with E-state index >= 15 is 0 Å². The third-order valence-corrected chi connectivity index (χ3v) is 5.93. The minimum absolute atomic E-state index is 0.111. The van der Waals surface area contributed by atoms with Crippen LogP contribution in [0, 0.1) is 6.92 Å². The number of rotatable bonds is 7. The number of ether oxygens (including phenoxy) is 4. The Bertz CT molecular complexity index is 878. The van der Waals surface area contributed by atoms with Gasteiger partial charge in [-0.1, -0.05) is 18.2 Å². The number of benzene rings is 2. The van der Waals surface area contributed by atoms with Gasteiger partial charge in [-0.3, -0.25) is 0 Å². The van der Waals surface area contributed by atoms with Gasteiger partial charge in [0.25, 0.3) is 0 Å². The lowest BCUT2D eigenvalue weighted by atomic mass is 9.99. The van der Waals surface area contributed by atoms with Crippen molar-refractivity contribution >= 4 is 0 Å². The molecule has 4 N–H and O–H groups in total. The summed E-state index contributed by atoms with van der Waals surface area (Å²) in [4.78, 5) is 0. The first-order valence-electron chi connectivity index (χ1n) is 10.8. The maximum absolute atomic E-state index is 10.2. The van der Waals surface area contributed by atoms with Crippen molar-refractivity contribution in [2.45, 2.75) is 56.6 Å². The lowest BCUT2D eigenvalue weighted by Crippen LogP contribution is -2.60. The molecule has 2 saturated heterocycles. The summed E-state index contributed by atoms with van der Waals surface area (Å²) in [5.41, 5.74) is 3.22. The Morgan fingerprint density at radius 3 is 2.38 bits per heavy atom. The molecule has 0 radical (unpaired) electrons. The van der Waals surface area contributed by atoms with Crippen molar-refractivity contribution in [1.29, 1.82) is 0 Å². The van der Waals surface area contributed by atoms with Crippen LogP contribution in [0.4, 0.5) is 0 Å². The number of hydrogen-bond acceptors (Lipinski definition) is 8. The van der Waals surface area contributed by atoms with Gasteiger partial charge in [-0.15, -0.1) is 0 Å². The number of aliphatic hydroxyl groups excluding tert-OH is 4. The van der Waals surface area contributed by atoms with E-state index in [1.54, 1.807) is 6.07 Å². The van der Waals surface area contributed by atoms with Crippen molar-refractivity contribution in [2.75, 3.05) is 19.8 Å². The van der Waals surface area contributed by atoms with Gasteiger partial charge in [-0.2, -0.15) is 0 Å². The summed E-state index contributed by atoms with van der Waals surface area (Å²) < 4.78 is 22.4. The van der Waals surface area contributed by atoms with Gasteiger partial charge in [-0.25, -0.2) is 0 Å². The molecule has 0 spiro atoms. The Balaban J connectivity index is 1.42. The zero-order valence-corrected chi connectivity index (χ0v) is 18.0. The molecule has 0 bridgehead atoms. The van der Waals surface area contributed by atoms with E-state index in [2.05, 4.69) is 0 Å². The van der Waals surface area contributed by atoms with Gasteiger partial charge in [0.1, 0.15) is 42.0 Å².